The van der Waals surface area contributed by atoms with Crippen LogP contribution in [0, 0.1) is 0 Å². The summed E-state index contributed by atoms with van der Waals surface area (Å²) in [5.74, 6) is 0.0145. The van der Waals surface area contributed by atoms with Crippen LogP contribution >= 0.6 is 12.4 Å². The van der Waals surface area contributed by atoms with Crippen molar-refractivity contribution in [2.24, 2.45) is 0 Å². The highest BCUT2D eigenvalue weighted by Crippen LogP contribution is 2.00. The molecule has 82 valence electrons. The van der Waals surface area contributed by atoms with Crippen molar-refractivity contribution < 1.29 is 4.79 Å². The number of amides is 1. The second-order valence-electron chi connectivity index (χ2n) is 2.77. The van der Waals surface area contributed by atoms with Crippen molar-refractivity contribution in [2.45, 2.75) is 0 Å². The number of pyridine rings is 1. The first-order valence-electron chi connectivity index (χ1n) is 4.34. The molecule has 5 nitrogen and oxygen atoms in total. The molecule has 2 heterocycles. The average molecular weight is 237 g/mol. The van der Waals surface area contributed by atoms with Crippen molar-refractivity contribution >= 4 is 24.3 Å². The van der Waals surface area contributed by atoms with Gasteiger partial charge in [0.15, 0.2) is 0 Å². The monoisotopic (exact) mass is 236 g/mol. The van der Waals surface area contributed by atoms with E-state index in [1.165, 1.54) is 6.20 Å². The molecule has 0 spiro atoms. The Morgan fingerprint density at radius 3 is 2.50 bits per heavy atom. The predicted octanol–water partition coefficient (Wildman–Crippen LogP) is 1.55. The second-order valence-corrected chi connectivity index (χ2v) is 2.77. The summed E-state index contributed by atoms with van der Waals surface area (Å²) in [5, 5.41) is 2.56. The Morgan fingerprint density at radius 1 is 1.12 bits per heavy atom. The van der Waals surface area contributed by atoms with Gasteiger partial charge >= 0.3 is 0 Å². The molecule has 0 atom stereocenters. The van der Waals surface area contributed by atoms with Gasteiger partial charge in [0.05, 0.1) is 5.56 Å². The van der Waals surface area contributed by atoms with Crippen LogP contribution in [0.3, 0.4) is 0 Å². The zero-order valence-corrected chi connectivity index (χ0v) is 9.02. The van der Waals surface area contributed by atoms with E-state index in [1.54, 1.807) is 36.8 Å². The van der Waals surface area contributed by atoms with E-state index in [1.807, 2.05) is 0 Å². The summed E-state index contributed by atoms with van der Waals surface area (Å²) < 4.78 is 0. The molecule has 0 aliphatic heterocycles. The van der Waals surface area contributed by atoms with Crippen LogP contribution in [0.25, 0.3) is 0 Å². The zero-order valence-electron chi connectivity index (χ0n) is 8.20. The standard InChI is InChI=1S/C10H8N4O.ClH/c15-9(8-3-1-4-11-7-8)14-10-12-5-2-6-13-10;/h1-7H,(H,12,13,14,15);1H. The molecule has 0 saturated carbocycles. The predicted molar refractivity (Wildman–Crippen MR) is 61.5 cm³/mol. The van der Waals surface area contributed by atoms with Crippen molar-refractivity contribution in [1.29, 1.82) is 0 Å². The first-order chi connectivity index (χ1) is 7.36. The summed E-state index contributed by atoms with van der Waals surface area (Å²) in [4.78, 5) is 23.2. The number of nitrogens with one attached hydrogen (secondary N) is 1. The minimum atomic E-state index is -0.269. The van der Waals surface area contributed by atoms with Gasteiger partial charge in [0, 0.05) is 24.8 Å². The third-order valence-electron chi connectivity index (χ3n) is 1.71. The first-order valence-corrected chi connectivity index (χ1v) is 4.34. The van der Waals surface area contributed by atoms with E-state index < -0.39 is 0 Å². The molecule has 16 heavy (non-hydrogen) atoms. The highest BCUT2D eigenvalue weighted by Gasteiger charge is 2.05. The first kappa shape index (κ1) is 12.1. The van der Waals surface area contributed by atoms with Crippen LogP contribution in [-0.2, 0) is 0 Å². The number of anilines is 1. The minimum absolute atomic E-state index is 0. The van der Waals surface area contributed by atoms with E-state index >= 15 is 0 Å². The number of hydrogen-bond acceptors (Lipinski definition) is 4. The molecule has 0 aromatic carbocycles. The van der Waals surface area contributed by atoms with Crippen LogP contribution < -0.4 is 5.32 Å². The number of halogens is 1. The lowest BCUT2D eigenvalue weighted by Gasteiger charge is -2.01. The van der Waals surface area contributed by atoms with Crippen LogP contribution in [0.15, 0.2) is 43.0 Å². The molecule has 0 fully saturated rings. The SMILES string of the molecule is Cl.O=C(Nc1ncccn1)c1cccnc1. The highest BCUT2D eigenvalue weighted by atomic mass is 35.5. The summed E-state index contributed by atoms with van der Waals surface area (Å²) in [6, 6.07) is 5.05. The normalized spacial score (nSPS) is 9.00. The molecular weight excluding hydrogens is 228 g/mol. The van der Waals surface area contributed by atoms with Crippen LogP contribution in [0.5, 0.6) is 0 Å². The molecule has 1 N–H and O–H groups in total. The number of aromatic nitrogens is 3. The Morgan fingerprint density at radius 2 is 1.88 bits per heavy atom. The number of nitrogens with zero attached hydrogens (tertiary/aromatic N) is 3. The molecule has 6 heteroatoms. The van der Waals surface area contributed by atoms with Crippen molar-refractivity contribution in [1.82, 2.24) is 15.0 Å². The molecule has 0 bridgehead atoms. The number of carbonyl (C=O) groups excluding carboxylic acids is 1. The fraction of sp³-hybridized carbons (Fsp3) is 0. The molecule has 0 radical (unpaired) electrons. The zero-order chi connectivity index (χ0) is 10.5. The molecule has 1 amide bonds. The largest absolute Gasteiger partial charge is 0.290 e. The lowest BCUT2D eigenvalue weighted by atomic mass is 10.3. The van der Waals surface area contributed by atoms with Gasteiger partial charge in [-0.1, -0.05) is 0 Å². The van der Waals surface area contributed by atoms with Crippen molar-refractivity contribution in [2.75, 3.05) is 5.32 Å². The van der Waals surface area contributed by atoms with Gasteiger partial charge in [-0.05, 0) is 18.2 Å². The Hall–Kier alpha value is -2.01. The van der Waals surface area contributed by atoms with Gasteiger partial charge in [-0.2, -0.15) is 0 Å². The quantitative estimate of drug-likeness (QED) is 0.859. The minimum Gasteiger partial charge on any atom is -0.290 e. The van der Waals surface area contributed by atoms with Crippen LogP contribution in [0.4, 0.5) is 5.95 Å². The third kappa shape index (κ3) is 2.99. The molecular formula is C10H9ClN4O. The van der Waals surface area contributed by atoms with E-state index in [4.69, 9.17) is 0 Å². The summed E-state index contributed by atoms with van der Waals surface area (Å²) >= 11 is 0. The van der Waals surface area contributed by atoms with Crippen LogP contribution in [0.2, 0.25) is 0 Å². The van der Waals surface area contributed by atoms with Gasteiger partial charge in [-0.15, -0.1) is 12.4 Å². The van der Waals surface area contributed by atoms with Crippen molar-refractivity contribution in [3.8, 4) is 0 Å². The number of hydrogen-bond donors (Lipinski definition) is 1. The smallest absolute Gasteiger partial charge is 0.259 e. The van der Waals surface area contributed by atoms with E-state index in [2.05, 4.69) is 20.3 Å². The molecule has 2 aromatic heterocycles. The maximum atomic E-state index is 11.6. The fourth-order valence-corrected chi connectivity index (χ4v) is 1.03. The van der Waals surface area contributed by atoms with Crippen LogP contribution in [-0.4, -0.2) is 20.9 Å². The van der Waals surface area contributed by atoms with Gasteiger partial charge in [0.1, 0.15) is 0 Å². The molecule has 0 saturated heterocycles. The van der Waals surface area contributed by atoms with Gasteiger partial charge in [-0.25, -0.2) is 9.97 Å². The van der Waals surface area contributed by atoms with Gasteiger partial charge in [0.25, 0.3) is 5.91 Å². The van der Waals surface area contributed by atoms with E-state index in [-0.39, 0.29) is 24.3 Å². The van der Waals surface area contributed by atoms with Crippen molar-refractivity contribution in [3.05, 3.63) is 48.5 Å². The number of rotatable bonds is 2. The van der Waals surface area contributed by atoms with E-state index in [0.29, 0.717) is 5.56 Å². The maximum absolute atomic E-state index is 11.6. The van der Waals surface area contributed by atoms with Crippen LogP contribution in [0.1, 0.15) is 10.4 Å². The summed E-state index contributed by atoms with van der Waals surface area (Å²) in [7, 11) is 0. The topological polar surface area (TPSA) is 67.8 Å². The third-order valence-corrected chi connectivity index (χ3v) is 1.71. The lowest BCUT2D eigenvalue weighted by molar-refractivity contribution is 0.102. The number of carbonyl (C=O) groups is 1. The molecule has 0 unspecified atom stereocenters. The van der Waals surface area contributed by atoms with Crippen molar-refractivity contribution in [3.63, 3.8) is 0 Å². The van der Waals surface area contributed by atoms with E-state index in [0.717, 1.165) is 0 Å². The molecule has 2 rings (SSSR count). The fourth-order valence-electron chi connectivity index (χ4n) is 1.03. The Bertz CT molecular complexity index is 449. The summed E-state index contributed by atoms with van der Waals surface area (Å²) in [6.45, 7) is 0. The summed E-state index contributed by atoms with van der Waals surface area (Å²) in [5.41, 5.74) is 0.477. The summed E-state index contributed by atoms with van der Waals surface area (Å²) in [6.07, 6.45) is 6.21. The average Bonchev–Trinajstić information content (AvgIpc) is 2.31. The Kier molecular flexibility index (Phi) is 4.35. The Labute approximate surface area is 98.4 Å². The molecule has 2 aromatic rings. The second kappa shape index (κ2) is 5.77. The highest BCUT2D eigenvalue weighted by molar-refractivity contribution is 6.02. The maximum Gasteiger partial charge on any atom is 0.259 e. The molecule has 0 aliphatic carbocycles. The van der Waals surface area contributed by atoms with Gasteiger partial charge in [-0.3, -0.25) is 15.1 Å². The van der Waals surface area contributed by atoms with Gasteiger partial charge in [0.2, 0.25) is 5.95 Å². The van der Waals surface area contributed by atoms with E-state index in [9.17, 15) is 4.79 Å². The lowest BCUT2D eigenvalue weighted by Crippen LogP contribution is -2.13. The van der Waals surface area contributed by atoms with Gasteiger partial charge < -0.3 is 0 Å². The molecule has 0 aliphatic rings. The Balaban J connectivity index is 0.00000128.